The Hall–Kier alpha value is -1.80. The molecule has 1 aliphatic rings. The molecule has 0 spiro atoms. The first-order valence-electron chi connectivity index (χ1n) is 9.99. The maximum atomic E-state index is 14.2. The normalized spacial score (nSPS) is 18.1. The zero-order valence-electron chi connectivity index (χ0n) is 17.0. The summed E-state index contributed by atoms with van der Waals surface area (Å²) in [6.45, 7) is 1.84. The van der Waals surface area contributed by atoms with E-state index < -0.39 is 11.7 Å². The third kappa shape index (κ3) is 5.27. The second-order valence-corrected chi connectivity index (χ2v) is 7.20. The number of benzene rings is 3. The Bertz CT molecular complexity index is 917. The molecule has 0 saturated carbocycles. The van der Waals surface area contributed by atoms with Crippen LogP contribution in [0.4, 0.5) is 4.39 Å². The van der Waals surface area contributed by atoms with Crippen LogP contribution >= 0.6 is 22.6 Å². The highest BCUT2D eigenvalue weighted by Gasteiger charge is 2.41. The van der Waals surface area contributed by atoms with Crippen LogP contribution in [0.1, 0.15) is 11.1 Å². The van der Waals surface area contributed by atoms with Crippen molar-refractivity contribution >= 4 is 22.6 Å². The van der Waals surface area contributed by atoms with Gasteiger partial charge in [-0.15, -0.1) is 0 Å². The van der Waals surface area contributed by atoms with E-state index in [9.17, 15) is 9.50 Å². The Balaban J connectivity index is 0.00000124. The van der Waals surface area contributed by atoms with E-state index in [2.05, 4.69) is 27.9 Å². The number of ether oxygens (including phenoxy) is 1. The van der Waals surface area contributed by atoms with Gasteiger partial charge in [-0.3, -0.25) is 0 Å². The number of hydrogen-bond donors (Lipinski definition) is 2. The van der Waals surface area contributed by atoms with Gasteiger partial charge in [-0.05, 0) is 39.3 Å². The smallest absolute Gasteiger partial charge is 0.123 e. The molecule has 0 aliphatic carbocycles. The molecule has 0 radical (unpaired) electrons. The van der Waals surface area contributed by atoms with Crippen molar-refractivity contribution in [2.45, 2.75) is 18.1 Å². The molecule has 4 rings (SSSR count). The van der Waals surface area contributed by atoms with Crippen LogP contribution in [-0.2, 0) is 16.8 Å². The van der Waals surface area contributed by atoms with Gasteiger partial charge in [-0.1, -0.05) is 89.3 Å². The zero-order chi connectivity index (χ0) is 21.4. The van der Waals surface area contributed by atoms with Crippen molar-refractivity contribution in [2.24, 2.45) is 0 Å². The van der Waals surface area contributed by atoms with Crippen LogP contribution in [0, 0.1) is 5.82 Å². The van der Waals surface area contributed by atoms with Gasteiger partial charge in [-0.2, -0.15) is 0 Å². The molecule has 158 valence electrons. The number of nitrogens with one attached hydrogen (secondary N) is 1. The van der Waals surface area contributed by atoms with Crippen LogP contribution in [0.3, 0.4) is 0 Å². The fraction of sp³-hybridized carbons (Fsp3) is 0.280. The third-order valence-corrected chi connectivity index (χ3v) is 5.35. The Morgan fingerprint density at radius 3 is 2.33 bits per heavy atom. The van der Waals surface area contributed by atoms with E-state index in [1.165, 1.54) is 12.1 Å². The Labute approximate surface area is 191 Å². The van der Waals surface area contributed by atoms with Gasteiger partial charge in [0.15, 0.2) is 0 Å². The summed E-state index contributed by atoms with van der Waals surface area (Å²) in [5, 5.41) is 15.1. The van der Waals surface area contributed by atoms with Gasteiger partial charge in [0.2, 0.25) is 0 Å². The van der Waals surface area contributed by atoms with E-state index in [4.69, 9.17) is 4.74 Å². The van der Waals surface area contributed by atoms with Crippen LogP contribution in [-0.4, -0.2) is 35.8 Å². The number of morpholine rings is 1. The number of rotatable bonds is 5. The Morgan fingerprint density at radius 2 is 1.70 bits per heavy atom. The van der Waals surface area contributed by atoms with Gasteiger partial charge >= 0.3 is 0 Å². The van der Waals surface area contributed by atoms with Crippen molar-refractivity contribution < 1.29 is 14.2 Å². The molecule has 2 N–H and O–H groups in total. The van der Waals surface area contributed by atoms with Crippen molar-refractivity contribution in [3.8, 4) is 11.1 Å². The molecule has 1 saturated heterocycles. The summed E-state index contributed by atoms with van der Waals surface area (Å²) in [7, 11) is 0. The summed E-state index contributed by atoms with van der Waals surface area (Å²) in [6, 6.07) is 24.2. The van der Waals surface area contributed by atoms with Gasteiger partial charge in [0.1, 0.15) is 17.5 Å². The van der Waals surface area contributed by atoms with Crippen molar-refractivity contribution in [3.63, 3.8) is 0 Å². The van der Waals surface area contributed by atoms with Crippen molar-refractivity contribution in [1.29, 1.82) is 0 Å². The maximum absolute atomic E-state index is 14.2. The van der Waals surface area contributed by atoms with E-state index in [1.54, 1.807) is 6.07 Å². The number of alkyl halides is 1. The van der Waals surface area contributed by atoms with E-state index in [1.807, 2.05) is 65.6 Å². The summed E-state index contributed by atoms with van der Waals surface area (Å²) in [5.74, 6) is -0.312. The zero-order valence-corrected chi connectivity index (χ0v) is 19.2. The topological polar surface area (TPSA) is 41.5 Å². The molecular formula is C25H27FINO2. The summed E-state index contributed by atoms with van der Waals surface area (Å²) in [6.07, 6.45) is -0.165. The largest absolute Gasteiger partial charge is 0.382 e. The van der Waals surface area contributed by atoms with E-state index in [0.717, 1.165) is 28.8 Å². The first-order chi connectivity index (χ1) is 14.7. The molecule has 1 heterocycles. The molecule has 0 bridgehead atoms. The van der Waals surface area contributed by atoms with Crippen LogP contribution in [0.2, 0.25) is 0 Å². The first-order valence-corrected chi connectivity index (χ1v) is 12.1. The molecule has 1 aliphatic heterocycles. The van der Waals surface area contributed by atoms with Crippen LogP contribution in [0.25, 0.3) is 11.1 Å². The average molecular weight is 519 g/mol. The highest BCUT2D eigenvalue weighted by atomic mass is 127. The lowest BCUT2D eigenvalue weighted by atomic mass is 9.80. The molecule has 3 aromatic carbocycles. The lowest BCUT2D eigenvalue weighted by Crippen LogP contribution is -2.52. The molecule has 3 aromatic rings. The minimum atomic E-state index is -1.27. The van der Waals surface area contributed by atoms with Gasteiger partial charge in [0.25, 0.3) is 0 Å². The minimum Gasteiger partial charge on any atom is -0.382 e. The quantitative estimate of drug-likeness (QED) is 0.370. The second-order valence-electron chi connectivity index (χ2n) is 7.20. The highest BCUT2D eigenvalue weighted by Crippen LogP contribution is 2.35. The minimum absolute atomic E-state index is 0.255. The van der Waals surface area contributed by atoms with Crippen molar-refractivity contribution in [3.05, 3.63) is 95.8 Å². The predicted molar refractivity (Wildman–Crippen MR) is 128 cm³/mol. The molecule has 30 heavy (non-hydrogen) atoms. The summed E-state index contributed by atoms with van der Waals surface area (Å²) < 4.78 is 20.1. The standard InChI is InChI=1S/C24H24FNO2.CH3I/c25-21-11-12-22(18-7-3-1-4-8-18)19(15-21)16-24(27,20-9-5-2-6-10-20)23-17-26-13-14-28-23;1-2/h1-12,15,23,26-27H,13-14,16-17H2;1H3/t23-,24-;/m1./s1. The van der Waals surface area contributed by atoms with Crippen LogP contribution in [0.5, 0.6) is 0 Å². The average Bonchev–Trinajstić information content (AvgIpc) is 2.82. The Morgan fingerprint density at radius 1 is 1.03 bits per heavy atom. The third-order valence-electron chi connectivity index (χ3n) is 5.35. The molecular weight excluding hydrogens is 492 g/mol. The summed E-state index contributed by atoms with van der Waals surface area (Å²) >= 11 is 2.15. The molecule has 2 atom stereocenters. The van der Waals surface area contributed by atoms with E-state index >= 15 is 0 Å². The lowest BCUT2D eigenvalue weighted by Gasteiger charge is -2.39. The number of hydrogen-bond acceptors (Lipinski definition) is 3. The molecule has 5 heteroatoms. The summed E-state index contributed by atoms with van der Waals surface area (Å²) in [5.41, 5.74) is 2.17. The first kappa shape index (κ1) is 22.9. The number of halogens is 2. The summed E-state index contributed by atoms with van der Waals surface area (Å²) in [4.78, 5) is 1.97. The van der Waals surface area contributed by atoms with Gasteiger partial charge in [0, 0.05) is 19.5 Å². The lowest BCUT2D eigenvalue weighted by molar-refractivity contribution is -0.124. The van der Waals surface area contributed by atoms with Gasteiger partial charge < -0.3 is 15.2 Å². The maximum Gasteiger partial charge on any atom is 0.123 e. The monoisotopic (exact) mass is 519 g/mol. The van der Waals surface area contributed by atoms with E-state index in [0.29, 0.717) is 13.2 Å². The molecule has 1 fully saturated rings. The Kier molecular flexibility index (Phi) is 8.39. The SMILES string of the molecule is CI.O[C@](Cc1cc(F)ccc1-c1ccccc1)(c1ccccc1)[C@H]1CNCCO1. The molecule has 0 unspecified atom stereocenters. The molecule has 0 aromatic heterocycles. The highest BCUT2D eigenvalue weighted by molar-refractivity contribution is 14.1. The van der Waals surface area contributed by atoms with Crippen molar-refractivity contribution in [2.75, 3.05) is 24.6 Å². The van der Waals surface area contributed by atoms with E-state index in [-0.39, 0.29) is 12.2 Å². The van der Waals surface area contributed by atoms with Gasteiger partial charge in [-0.25, -0.2) is 4.39 Å². The van der Waals surface area contributed by atoms with Crippen LogP contribution < -0.4 is 5.32 Å². The fourth-order valence-electron chi connectivity index (χ4n) is 3.90. The van der Waals surface area contributed by atoms with Crippen LogP contribution in [0.15, 0.2) is 78.9 Å². The number of aliphatic hydroxyl groups is 1. The molecule has 0 amide bonds. The second kappa shape index (κ2) is 11.0. The van der Waals surface area contributed by atoms with Gasteiger partial charge in [0.05, 0.1) is 6.61 Å². The van der Waals surface area contributed by atoms with Crippen molar-refractivity contribution in [1.82, 2.24) is 5.32 Å². The predicted octanol–water partition coefficient (Wildman–Crippen LogP) is 4.96. The fourth-order valence-corrected chi connectivity index (χ4v) is 3.90. The molecule has 3 nitrogen and oxygen atoms in total.